The van der Waals surface area contributed by atoms with Crippen LogP contribution in [-0.4, -0.2) is 41.5 Å². The van der Waals surface area contributed by atoms with Gasteiger partial charge in [-0.15, -0.1) is 0 Å². The largest absolute Gasteiger partial charge is 0.427 e. The number of likely N-dealkylation sites (tertiary alicyclic amines) is 1. The van der Waals surface area contributed by atoms with Gasteiger partial charge in [0.05, 0.1) is 4.92 Å². The molecule has 1 N–H and O–H groups in total. The molecule has 1 saturated heterocycles. The van der Waals surface area contributed by atoms with Crippen LogP contribution < -0.4 is 10.1 Å². The second kappa shape index (κ2) is 7.84. The number of carbonyl (C=O) groups excluding carboxylic acids is 1. The average molecular weight is 369 g/mol. The summed E-state index contributed by atoms with van der Waals surface area (Å²) in [5.41, 5.74) is -0.0632. The Labute approximate surface area is 149 Å². The number of nitrogens with one attached hydrogen (secondary N) is 1. The van der Waals surface area contributed by atoms with E-state index in [-0.39, 0.29) is 17.9 Å². The molecule has 1 aliphatic heterocycles. The standard InChI is InChI=1S/C17H21F2N3O4/c18-17(19)26-15-9-12(5-6-14(15)22(24)25)20-13-7-8-21(10-13)16(23)11-3-1-2-4-11/h5-6,9,11,13,17,20H,1-4,7-8,10H2. The lowest BCUT2D eigenvalue weighted by Crippen LogP contribution is -2.35. The van der Waals surface area contributed by atoms with Gasteiger partial charge in [-0.3, -0.25) is 14.9 Å². The summed E-state index contributed by atoms with van der Waals surface area (Å²) >= 11 is 0. The van der Waals surface area contributed by atoms with Crippen molar-refractivity contribution < 1.29 is 23.2 Å². The highest BCUT2D eigenvalue weighted by Gasteiger charge is 2.32. The number of alkyl halides is 2. The third-order valence-corrected chi connectivity index (χ3v) is 4.95. The van der Waals surface area contributed by atoms with E-state index < -0.39 is 23.0 Å². The minimum Gasteiger partial charge on any atom is -0.427 e. The van der Waals surface area contributed by atoms with Crippen molar-refractivity contribution in [3.05, 3.63) is 28.3 Å². The summed E-state index contributed by atoms with van der Waals surface area (Å²) in [7, 11) is 0. The normalized spacial score (nSPS) is 20.6. The Kier molecular flexibility index (Phi) is 5.53. The lowest BCUT2D eigenvalue weighted by molar-refractivity contribution is -0.386. The van der Waals surface area contributed by atoms with E-state index in [1.165, 1.54) is 12.1 Å². The molecule has 142 valence electrons. The first-order valence-corrected chi connectivity index (χ1v) is 8.72. The molecule has 1 heterocycles. The second-order valence-corrected chi connectivity index (χ2v) is 6.71. The van der Waals surface area contributed by atoms with Crippen LogP contribution in [0.4, 0.5) is 20.2 Å². The summed E-state index contributed by atoms with van der Waals surface area (Å²) < 4.78 is 29.2. The molecule has 1 amide bonds. The molecule has 26 heavy (non-hydrogen) atoms. The summed E-state index contributed by atoms with van der Waals surface area (Å²) in [5, 5.41) is 14.1. The van der Waals surface area contributed by atoms with Crippen LogP contribution in [0, 0.1) is 16.0 Å². The number of anilines is 1. The van der Waals surface area contributed by atoms with E-state index in [0.717, 1.165) is 38.2 Å². The van der Waals surface area contributed by atoms with Gasteiger partial charge in [0, 0.05) is 42.9 Å². The number of carbonyl (C=O) groups is 1. The Morgan fingerprint density at radius 3 is 2.69 bits per heavy atom. The van der Waals surface area contributed by atoms with E-state index in [1.54, 1.807) is 0 Å². The zero-order valence-corrected chi connectivity index (χ0v) is 14.2. The van der Waals surface area contributed by atoms with E-state index in [4.69, 9.17) is 0 Å². The number of benzene rings is 1. The molecule has 7 nitrogen and oxygen atoms in total. The summed E-state index contributed by atoms with van der Waals surface area (Å²) in [5.74, 6) is -0.164. The van der Waals surface area contributed by atoms with Crippen molar-refractivity contribution in [1.82, 2.24) is 4.90 Å². The molecule has 0 bridgehead atoms. The number of nitrogens with zero attached hydrogens (tertiary/aromatic N) is 2. The van der Waals surface area contributed by atoms with E-state index in [2.05, 4.69) is 10.1 Å². The van der Waals surface area contributed by atoms with Crippen molar-refractivity contribution >= 4 is 17.3 Å². The molecule has 1 unspecified atom stereocenters. The van der Waals surface area contributed by atoms with E-state index in [0.29, 0.717) is 18.8 Å². The fraction of sp³-hybridized carbons (Fsp3) is 0.588. The lowest BCUT2D eigenvalue weighted by atomic mass is 10.1. The first kappa shape index (κ1) is 18.3. The van der Waals surface area contributed by atoms with Crippen LogP contribution in [0.3, 0.4) is 0 Å². The zero-order valence-electron chi connectivity index (χ0n) is 14.2. The van der Waals surface area contributed by atoms with Crippen molar-refractivity contribution in [2.75, 3.05) is 18.4 Å². The number of rotatable bonds is 6. The Hall–Kier alpha value is -2.45. The van der Waals surface area contributed by atoms with Gasteiger partial charge in [0.1, 0.15) is 0 Å². The molecular formula is C17H21F2N3O4. The molecule has 1 aromatic rings. The molecule has 3 rings (SSSR count). The maximum absolute atomic E-state index is 12.5. The molecular weight excluding hydrogens is 348 g/mol. The van der Waals surface area contributed by atoms with E-state index in [1.807, 2.05) is 4.90 Å². The van der Waals surface area contributed by atoms with Gasteiger partial charge in [0.15, 0.2) is 0 Å². The van der Waals surface area contributed by atoms with Gasteiger partial charge in [-0.05, 0) is 25.3 Å². The molecule has 1 saturated carbocycles. The van der Waals surface area contributed by atoms with Gasteiger partial charge < -0.3 is 15.0 Å². The summed E-state index contributed by atoms with van der Waals surface area (Å²) in [4.78, 5) is 24.5. The third-order valence-electron chi connectivity index (χ3n) is 4.95. The number of hydrogen-bond donors (Lipinski definition) is 1. The van der Waals surface area contributed by atoms with Gasteiger partial charge in [-0.1, -0.05) is 12.8 Å². The Bertz CT molecular complexity index is 680. The Morgan fingerprint density at radius 2 is 2.04 bits per heavy atom. The number of amides is 1. The highest BCUT2D eigenvalue weighted by molar-refractivity contribution is 5.79. The maximum atomic E-state index is 12.5. The van der Waals surface area contributed by atoms with E-state index >= 15 is 0 Å². The number of nitro groups is 1. The van der Waals surface area contributed by atoms with Crippen molar-refractivity contribution in [1.29, 1.82) is 0 Å². The predicted octanol–water partition coefficient (Wildman–Crippen LogP) is 3.40. The minimum absolute atomic E-state index is 0.0267. The molecule has 1 atom stereocenters. The third kappa shape index (κ3) is 4.20. The van der Waals surface area contributed by atoms with Gasteiger partial charge in [0.2, 0.25) is 11.7 Å². The molecule has 1 aromatic carbocycles. The van der Waals surface area contributed by atoms with Crippen LogP contribution in [-0.2, 0) is 4.79 Å². The SMILES string of the molecule is O=C(C1CCCC1)N1CCC(Nc2ccc([N+](=O)[O-])c(OC(F)F)c2)C1. The summed E-state index contributed by atoms with van der Waals surface area (Å²) in [6.07, 6.45) is 4.83. The van der Waals surface area contributed by atoms with Gasteiger partial charge in [0.25, 0.3) is 0 Å². The van der Waals surface area contributed by atoms with Crippen LogP contribution in [0.5, 0.6) is 5.75 Å². The van der Waals surface area contributed by atoms with Crippen molar-refractivity contribution in [2.45, 2.75) is 44.8 Å². The van der Waals surface area contributed by atoms with Crippen molar-refractivity contribution in [3.63, 3.8) is 0 Å². The monoisotopic (exact) mass is 369 g/mol. The van der Waals surface area contributed by atoms with Gasteiger partial charge in [-0.25, -0.2) is 0 Å². The van der Waals surface area contributed by atoms with Crippen molar-refractivity contribution in [2.24, 2.45) is 5.92 Å². The Morgan fingerprint density at radius 1 is 1.31 bits per heavy atom. The van der Waals surface area contributed by atoms with Crippen LogP contribution in [0.15, 0.2) is 18.2 Å². The van der Waals surface area contributed by atoms with Crippen LogP contribution in [0.2, 0.25) is 0 Å². The first-order valence-electron chi connectivity index (χ1n) is 8.72. The van der Waals surface area contributed by atoms with Crippen molar-refractivity contribution in [3.8, 4) is 5.75 Å². The first-order chi connectivity index (χ1) is 12.4. The second-order valence-electron chi connectivity index (χ2n) is 6.71. The van der Waals surface area contributed by atoms with Crippen LogP contribution >= 0.6 is 0 Å². The smallest absolute Gasteiger partial charge is 0.387 e. The molecule has 2 fully saturated rings. The molecule has 0 radical (unpaired) electrons. The number of nitro benzene ring substituents is 1. The molecule has 1 aliphatic carbocycles. The number of hydrogen-bond acceptors (Lipinski definition) is 5. The predicted molar refractivity (Wildman–Crippen MR) is 90.3 cm³/mol. The molecule has 0 spiro atoms. The topological polar surface area (TPSA) is 84.7 Å². The molecule has 2 aliphatic rings. The number of ether oxygens (including phenoxy) is 1. The highest BCUT2D eigenvalue weighted by atomic mass is 19.3. The minimum atomic E-state index is -3.14. The lowest BCUT2D eigenvalue weighted by Gasteiger charge is -2.21. The maximum Gasteiger partial charge on any atom is 0.387 e. The fourth-order valence-corrected chi connectivity index (χ4v) is 3.69. The Balaban J connectivity index is 1.63. The highest BCUT2D eigenvalue weighted by Crippen LogP contribution is 2.32. The van der Waals surface area contributed by atoms with E-state index in [9.17, 15) is 23.7 Å². The summed E-state index contributed by atoms with van der Waals surface area (Å²) in [6, 6.07) is 3.77. The fourth-order valence-electron chi connectivity index (χ4n) is 3.69. The van der Waals surface area contributed by atoms with Crippen LogP contribution in [0.25, 0.3) is 0 Å². The quantitative estimate of drug-likeness (QED) is 0.614. The van der Waals surface area contributed by atoms with Gasteiger partial charge in [-0.2, -0.15) is 8.78 Å². The molecule has 0 aromatic heterocycles. The number of halogens is 2. The molecule has 9 heteroatoms. The van der Waals surface area contributed by atoms with Crippen LogP contribution in [0.1, 0.15) is 32.1 Å². The zero-order chi connectivity index (χ0) is 18.7. The van der Waals surface area contributed by atoms with Gasteiger partial charge >= 0.3 is 12.3 Å². The summed E-state index contributed by atoms with van der Waals surface area (Å²) in [6.45, 7) is -1.95. The average Bonchev–Trinajstić information content (AvgIpc) is 3.25.